The maximum absolute atomic E-state index is 5.18. The Kier molecular flexibility index (Phi) is 2.56. The Balaban J connectivity index is 2.19. The van der Waals surface area contributed by atoms with Crippen LogP contribution in [0.4, 0.5) is 0 Å². The van der Waals surface area contributed by atoms with Crippen molar-refractivity contribution in [3.8, 4) is 5.75 Å². The summed E-state index contributed by atoms with van der Waals surface area (Å²) in [6.07, 6.45) is 1.39. The van der Waals surface area contributed by atoms with Gasteiger partial charge in [-0.15, -0.1) is 0 Å². The minimum Gasteiger partial charge on any atom is -0.497 e. The van der Waals surface area contributed by atoms with Crippen LogP contribution in [0.2, 0.25) is 0 Å². The molecule has 1 atom stereocenters. The number of ether oxygens (including phenoxy) is 2. The van der Waals surface area contributed by atoms with Crippen LogP contribution in [-0.4, -0.2) is 19.8 Å². The molecule has 1 heterocycles. The second-order valence-corrected chi connectivity index (χ2v) is 3.97. The highest BCUT2D eigenvalue weighted by Crippen LogP contribution is 2.26. The van der Waals surface area contributed by atoms with Crippen molar-refractivity contribution in [1.29, 1.82) is 0 Å². The van der Waals surface area contributed by atoms with Crippen molar-refractivity contribution >= 4 is 15.9 Å². The third kappa shape index (κ3) is 2.23. The molecule has 1 aliphatic rings. The molecule has 1 aromatic rings. The summed E-state index contributed by atoms with van der Waals surface area (Å²) in [6, 6.07) is 6.00. The Bertz CT molecular complexity index is 308. The molecule has 0 amide bonds. The monoisotopic (exact) mass is 242 g/mol. The van der Waals surface area contributed by atoms with Crippen molar-refractivity contribution in [2.24, 2.45) is 0 Å². The fourth-order valence-electron chi connectivity index (χ4n) is 1.27. The normalized spacial score (nSPS) is 20.0. The molecule has 0 N–H and O–H groups in total. The minimum absolute atomic E-state index is 0.420. The van der Waals surface area contributed by atoms with E-state index in [1.54, 1.807) is 7.11 Å². The number of rotatable bonds is 3. The van der Waals surface area contributed by atoms with Gasteiger partial charge in [0.2, 0.25) is 0 Å². The zero-order chi connectivity index (χ0) is 9.26. The first-order valence-electron chi connectivity index (χ1n) is 4.23. The van der Waals surface area contributed by atoms with Crippen molar-refractivity contribution in [1.82, 2.24) is 0 Å². The minimum atomic E-state index is 0.420. The van der Waals surface area contributed by atoms with Gasteiger partial charge in [0, 0.05) is 10.9 Å². The van der Waals surface area contributed by atoms with E-state index >= 15 is 0 Å². The highest BCUT2D eigenvalue weighted by molar-refractivity contribution is 9.10. The standard InChI is InChI=1S/C10H11BrO2/c1-12-8-2-3-10(11)7(4-8)5-9-6-13-9/h2-4,9H,5-6H2,1H3. The maximum Gasteiger partial charge on any atom is 0.119 e. The summed E-state index contributed by atoms with van der Waals surface area (Å²) in [6.45, 7) is 0.893. The highest BCUT2D eigenvalue weighted by Gasteiger charge is 2.23. The lowest BCUT2D eigenvalue weighted by atomic mass is 10.1. The lowest BCUT2D eigenvalue weighted by Gasteiger charge is -2.05. The molecule has 2 rings (SSSR count). The molecular weight excluding hydrogens is 232 g/mol. The van der Waals surface area contributed by atoms with Crippen molar-refractivity contribution in [3.63, 3.8) is 0 Å². The van der Waals surface area contributed by atoms with E-state index < -0.39 is 0 Å². The number of methoxy groups -OCH3 is 1. The zero-order valence-electron chi connectivity index (χ0n) is 7.42. The smallest absolute Gasteiger partial charge is 0.119 e. The average Bonchev–Trinajstić information content (AvgIpc) is 2.93. The van der Waals surface area contributed by atoms with Gasteiger partial charge < -0.3 is 9.47 Å². The molecule has 70 valence electrons. The van der Waals surface area contributed by atoms with Crippen LogP contribution in [0, 0.1) is 0 Å². The predicted molar refractivity (Wildman–Crippen MR) is 54.1 cm³/mol. The van der Waals surface area contributed by atoms with Crippen molar-refractivity contribution in [2.75, 3.05) is 13.7 Å². The predicted octanol–water partition coefficient (Wildman–Crippen LogP) is 2.40. The number of hydrogen-bond acceptors (Lipinski definition) is 2. The molecule has 0 bridgehead atoms. The van der Waals surface area contributed by atoms with Gasteiger partial charge >= 0.3 is 0 Å². The molecule has 13 heavy (non-hydrogen) atoms. The van der Waals surface area contributed by atoms with Gasteiger partial charge in [-0.3, -0.25) is 0 Å². The molecule has 1 unspecified atom stereocenters. The van der Waals surface area contributed by atoms with Gasteiger partial charge in [-0.25, -0.2) is 0 Å². The molecule has 1 aliphatic heterocycles. The lowest BCUT2D eigenvalue weighted by Crippen LogP contribution is -1.95. The first-order chi connectivity index (χ1) is 6.29. The van der Waals surface area contributed by atoms with E-state index in [0.29, 0.717) is 6.10 Å². The number of benzene rings is 1. The number of epoxide rings is 1. The lowest BCUT2D eigenvalue weighted by molar-refractivity contribution is 0.404. The molecule has 0 saturated carbocycles. The van der Waals surface area contributed by atoms with Crippen molar-refractivity contribution < 1.29 is 9.47 Å². The first kappa shape index (κ1) is 9.03. The van der Waals surface area contributed by atoms with Gasteiger partial charge in [0.05, 0.1) is 19.8 Å². The van der Waals surface area contributed by atoms with Crippen LogP contribution in [0.15, 0.2) is 22.7 Å². The molecule has 1 fully saturated rings. The quantitative estimate of drug-likeness (QED) is 0.760. The van der Waals surface area contributed by atoms with Gasteiger partial charge in [0.15, 0.2) is 0 Å². The van der Waals surface area contributed by atoms with E-state index in [2.05, 4.69) is 15.9 Å². The molecule has 3 heteroatoms. The summed E-state index contributed by atoms with van der Waals surface area (Å²) in [5.74, 6) is 0.902. The number of halogens is 1. The Morgan fingerprint density at radius 1 is 1.62 bits per heavy atom. The summed E-state index contributed by atoms with van der Waals surface area (Å²) in [5.41, 5.74) is 1.25. The third-order valence-corrected chi connectivity index (χ3v) is 2.88. The Morgan fingerprint density at radius 3 is 3.00 bits per heavy atom. The first-order valence-corrected chi connectivity index (χ1v) is 5.03. The van der Waals surface area contributed by atoms with E-state index in [0.717, 1.165) is 23.2 Å². The fraction of sp³-hybridized carbons (Fsp3) is 0.400. The third-order valence-electron chi connectivity index (χ3n) is 2.10. The van der Waals surface area contributed by atoms with Crippen molar-refractivity contribution in [3.05, 3.63) is 28.2 Å². The summed E-state index contributed by atoms with van der Waals surface area (Å²) >= 11 is 3.50. The highest BCUT2D eigenvalue weighted by atomic mass is 79.9. The maximum atomic E-state index is 5.18. The number of hydrogen-bond donors (Lipinski definition) is 0. The molecule has 0 radical (unpaired) electrons. The molecule has 1 aromatic carbocycles. The van der Waals surface area contributed by atoms with E-state index in [1.807, 2.05) is 18.2 Å². The summed E-state index contributed by atoms with van der Waals surface area (Å²) < 4.78 is 11.5. The van der Waals surface area contributed by atoms with Gasteiger partial charge in [-0.1, -0.05) is 15.9 Å². The molecule has 0 spiro atoms. The van der Waals surface area contributed by atoms with Gasteiger partial charge in [-0.2, -0.15) is 0 Å². The van der Waals surface area contributed by atoms with E-state index in [-0.39, 0.29) is 0 Å². The van der Waals surface area contributed by atoms with Crippen LogP contribution >= 0.6 is 15.9 Å². The zero-order valence-corrected chi connectivity index (χ0v) is 9.00. The summed E-state index contributed by atoms with van der Waals surface area (Å²) in [4.78, 5) is 0. The largest absolute Gasteiger partial charge is 0.497 e. The SMILES string of the molecule is COc1ccc(Br)c(CC2CO2)c1. The van der Waals surface area contributed by atoms with E-state index in [9.17, 15) is 0 Å². The fourth-order valence-corrected chi connectivity index (χ4v) is 1.67. The van der Waals surface area contributed by atoms with E-state index in [4.69, 9.17) is 9.47 Å². The molecule has 1 saturated heterocycles. The van der Waals surface area contributed by atoms with Crippen LogP contribution < -0.4 is 4.74 Å². The van der Waals surface area contributed by atoms with Gasteiger partial charge in [0.25, 0.3) is 0 Å². The second kappa shape index (κ2) is 3.68. The van der Waals surface area contributed by atoms with Gasteiger partial charge in [-0.05, 0) is 23.8 Å². The van der Waals surface area contributed by atoms with Crippen LogP contribution in [-0.2, 0) is 11.2 Å². The second-order valence-electron chi connectivity index (χ2n) is 3.12. The van der Waals surface area contributed by atoms with Crippen LogP contribution in [0.25, 0.3) is 0 Å². The van der Waals surface area contributed by atoms with Crippen LogP contribution in [0.3, 0.4) is 0 Å². The summed E-state index contributed by atoms with van der Waals surface area (Å²) in [7, 11) is 1.68. The van der Waals surface area contributed by atoms with E-state index in [1.165, 1.54) is 5.56 Å². The van der Waals surface area contributed by atoms with Crippen molar-refractivity contribution in [2.45, 2.75) is 12.5 Å². The Morgan fingerprint density at radius 2 is 2.38 bits per heavy atom. The summed E-state index contributed by atoms with van der Waals surface area (Å²) in [5, 5.41) is 0. The molecular formula is C10H11BrO2. The van der Waals surface area contributed by atoms with Crippen LogP contribution in [0.1, 0.15) is 5.56 Å². The van der Waals surface area contributed by atoms with Gasteiger partial charge in [0.1, 0.15) is 5.75 Å². The molecule has 0 aromatic heterocycles. The molecule has 0 aliphatic carbocycles. The average molecular weight is 243 g/mol. The van der Waals surface area contributed by atoms with Crippen LogP contribution in [0.5, 0.6) is 5.75 Å². The Labute approximate surface area is 86.0 Å². The topological polar surface area (TPSA) is 21.8 Å². The molecule has 2 nitrogen and oxygen atoms in total. The Hall–Kier alpha value is -0.540.